The van der Waals surface area contributed by atoms with E-state index in [0.29, 0.717) is 4.32 Å². The highest BCUT2D eigenvalue weighted by molar-refractivity contribution is 8.11. The van der Waals surface area contributed by atoms with Crippen LogP contribution in [0.3, 0.4) is 0 Å². The van der Waals surface area contributed by atoms with Crippen LogP contribution in [0.4, 0.5) is 5.69 Å². The molecule has 0 amide bonds. The fourth-order valence-corrected chi connectivity index (χ4v) is 2.76. The van der Waals surface area contributed by atoms with Crippen molar-refractivity contribution in [2.45, 2.75) is 26.2 Å². The molecule has 5 heteroatoms. The fourth-order valence-electron chi connectivity index (χ4n) is 1.45. The number of hydrogen-bond donors (Lipinski definition) is 2. The number of thiocarbonyl (C=S) groups is 1. The molecule has 0 aliphatic carbocycles. The third kappa shape index (κ3) is 2.97. The predicted molar refractivity (Wildman–Crippen MR) is 83.5 cm³/mol. The number of thiol groups is 1. The zero-order valence-electron chi connectivity index (χ0n) is 9.94. The summed E-state index contributed by atoms with van der Waals surface area (Å²) in [5.41, 5.74) is 2.09. The summed E-state index contributed by atoms with van der Waals surface area (Å²) in [4.78, 5) is 4.64. The summed E-state index contributed by atoms with van der Waals surface area (Å²) < 4.78 is 1.65. The van der Waals surface area contributed by atoms with E-state index in [1.807, 2.05) is 12.1 Å². The Kier molecular flexibility index (Phi) is 3.43. The first-order valence-corrected chi connectivity index (χ1v) is 6.94. The van der Waals surface area contributed by atoms with Crippen molar-refractivity contribution in [3.05, 3.63) is 23.2 Å². The number of rotatable bonds is 1. The SMILES string of the molecule is CC(C)(C)c1nc2ccc(NC(=S)S)cc2s1. The summed E-state index contributed by atoms with van der Waals surface area (Å²) in [5, 5.41) is 4.17. The lowest BCUT2D eigenvalue weighted by molar-refractivity contribution is 0.587. The Morgan fingerprint density at radius 2 is 2.12 bits per heavy atom. The Morgan fingerprint density at radius 3 is 2.71 bits per heavy atom. The molecule has 2 nitrogen and oxygen atoms in total. The van der Waals surface area contributed by atoms with Gasteiger partial charge in [-0.2, -0.15) is 0 Å². The van der Waals surface area contributed by atoms with Crippen LogP contribution in [0.1, 0.15) is 25.8 Å². The Balaban J connectivity index is 2.44. The molecule has 0 saturated carbocycles. The highest BCUT2D eigenvalue weighted by atomic mass is 32.1. The molecule has 0 unspecified atom stereocenters. The van der Waals surface area contributed by atoms with Crippen LogP contribution >= 0.6 is 36.2 Å². The van der Waals surface area contributed by atoms with E-state index in [2.05, 4.69) is 49.8 Å². The minimum atomic E-state index is 0.0934. The van der Waals surface area contributed by atoms with E-state index >= 15 is 0 Å². The van der Waals surface area contributed by atoms with Crippen LogP contribution in [0.25, 0.3) is 10.2 Å². The Bertz CT molecular complexity index is 567. The van der Waals surface area contributed by atoms with Crippen molar-refractivity contribution < 1.29 is 0 Å². The molecule has 0 saturated heterocycles. The van der Waals surface area contributed by atoms with Gasteiger partial charge in [-0.25, -0.2) is 4.98 Å². The van der Waals surface area contributed by atoms with Gasteiger partial charge in [-0.3, -0.25) is 0 Å². The zero-order chi connectivity index (χ0) is 12.6. The summed E-state index contributed by atoms with van der Waals surface area (Å²) >= 11 is 10.7. The largest absolute Gasteiger partial charge is 0.341 e. The molecule has 2 rings (SSSR count). The van der Waals surface area contributed by atoms with Gasteiger partial charge in [0.25, 0.3) is 0 Å². The van der Waals surface area contributed by atoms with Crippen molar-refractivity contribution >= 4 is 56.4 Å². The molecule has 1 heterocycles. The van der Waals surface area contributed by atoms with Crippen molar-refractivity contribution in [3.8, 4) is 0 Å². The van der Waals surface area contributed by atoms with Gasteiger partial charge in [0.1, 0.15) is 4.32 Å². The van der Waals surface area contributed by atoms with Crippen LogP contribution in [0, 0.1) is 0 Å². The predicted octanol–water partition coefficient (Wildman–Crippen LogP) is 4.22. The molecule has 0 bridgehead atoms. The lowest BCUT2D eigenvalue weighted by atomic mass is 9.98. The van der Waals surface area contributed by atoms with Gasteiger partial charge in [0.15, 0.2) is 0 Å². The van der Waals surface area contributed by atoms with E-state index in [1.54, 1.807) is 11.3 Å². The lowest BCUT2D eigenvalue weighted by Gasteiger charge is -2.13. The van der Waals surface area contributed by atoms with Gasteiger partial charge in [0.05, 0.1) is 15.2 Å². The molecule has 0 atom stereocenters. The van der Waals surface area contributed by atoms with Crippen LogP contribution in [-0.4, -0.2) is 9.30 Å². The molecule has 1 aromatic carbocycles. The second-order valence-corrected chi connectivity index (χ2v) is 7.07. The quantitative estimate of drug-likeness (QED) is 0.605. The standard InChI is InChI=1S/C12H14N2S3/c1-12(2,3)10-14-8-5-4-7(13-11(15)16)6-9(8)17-10/h4-6H,1-3H3,(H2,13,15,16). The second kappa shape index (κ2) is 4.55. The van der Waals surface area contributed by atoms with E-state index in [9.17, 15) is 0 Å². The first-order chi connectivity index (χ1) is 7.86. The number of benzene rings is 1. The Hall–Kier alpha value is -0.650. The van der Waals surface area contributed by atoms with Gasteiger partial charge in [-0.05, 0) is 18.2 Å². The first-order valence-electron chi connectivity index (χ1n) is 5.27. The Labute approximate surface area is 116 Å². The van der Waals surface area contributed by atoms with Crippen LogP contribution < -0.4 is 5.32 Å². The van der Waals surface area contributed by atoms with Crippen molar-refractivity contribution in [2.75, 3.05) is 5.32 Å². The molecule has 90 valence electrons. The summed E-state index contributed by atoms with van der Waals surface area (Å²) in [6.07, 6.45) is 0. The maximum atomic E-state index is 4.91. The summed E-state index contributed by atoms with van der Waals surface area (Å²) in [6, 6.07) is 6.04. The summed E-state index contributed by atoms with van der Waals surface area (Å²) in [6.45, 7) is 6.52. The summed E-state index contributed by atoms with van der Waals surface area (Å²) in [7, 11) is 0. The van der Waals surface area contributed by atoms with E-state index in [0.717, 1.165) is 16.2 Å². The average molecular weight is 282 g/mol. The minimum Gasteiger partial charge on any atom is -0.341 e. The van der Waals surface area contributed by atoms with Crippen LogP contribution in [0.5, 0.6) is 0 Å². The molecular weight excluding hydrogens is 268 g/mol. The average Bonchev–Trinajstić information content (AvgIpc) is 2.58. The van der Waals surface area contributed by atoms with Gasteiger partial charge in [0.2, 0.25) is 0 Å². The van der Waals surface area contributed by atoms with E-state index < -0.39 is 0 Å². The topological polar surface area (TPSA) is 24.9 Å². The number of nitrogens with zero attached hydrogens (tertiary/aromatic N) is 1. The minimum absolute atomic E-state index is 0.0934. The molecule has 1 N–H and O–H groups in total. The van der Waals surface area contributed by atoms with Gasteiger partial charge in [0, 0.05) is 11.1 Å². The number of hydrogen-bond acceptors (Lipinski definition) is 3. The van der Waals surface area contributed by atoms with E-state index in [4.69, 9.17) is 12.2 Å². The van der Waals surface area contributed by atoms with E-state index in [-0.39, 0.29) is 5.41 Å². The van der Waals surface area contributed by atoms with Gasteiger partial charge < -0.3 is 5.32 Å². The number of thiazole rings is 1. The lowest BCUT2D eigenvalue weighted by Crippen LogP contribution is -2.09. The van der Waals surface area contributed by atoms with Crippen LogP contribution in [-0.2, 0) is 5.41 Å². The van der Waals surface area contributed by atoms with Crippen molar-refractivity contribution in [1.82, 2.24) is 4.98 Å². The molecule has 0 fully saturated rings. The third-order valence-electron chi connectivity index (χ3n) is 2.28. The zero-order valence-corrected chi connectivity index (χ0v) is 12.5. The highest BCUT2D eigenvalue weighted by Gasteiger charge is 2.18. The fraction of sp³-hybridized carbons (Fsp3) is 0.333. The van der Waals surface area contributed by atoms with Gasteiger partial charge >= 0.3 is 0 Å². The van der Waals surface area contributed by atoms with Crippen LogP contribution in [0.15, 0.2) is 18.2 Å². The van der Waals surface area contributed by atoms with Gasteiger partial charge in [-0.1, -0.05) is 33.0 Å². The molecule has 0 radical (unpaired) electrons. The molecular formula is C12H14N2S3. The smallest absolute Gasteiger partial charge is 0.135 e. The van der Waals surface area contributed by atoms with E-state index in [1.165, 1.54) is 4.70 Å². The first kappa shape index (κ1) is 12.8. The number of fused-ring (bicyclic) bond motifs is 1. The Morgan fingerprint density at radius 1 is 1.41 bits per heavy atom. The second-order valence-electron chi connectivity index (χ2n) is 4.88. The molecule has 17 heavy (non-hydrogen) atoms. The number of anilines is 1. The summed E-state index contributed by atoms with van der Waals surface area (Å²) in [5.74, 6) is 0. The molecule has 0 aliphatic heterocycles. The monoisotopic (exact) mass is 282 g/mol. The van der Waals surface area contributed by atoms with Crippen molar-refractivity contribution in [3.63, 3.8) is 0 Å². The maximum Gasteiger partial charge on any atom is 0.135 e. The van der Waals surface area contributed by atoms with Crippen molar-refractivity contribution in [1.29, 1.82) is 0 Å². The highest BCUT2D eigenvalue weighted by Crippen LogP contribution is 2.32. The van der Waals surface area contributed by atoms with Gasteiger partial charge in [-0.15, -0.1) is 24.0 Å². The molecule has 0 spiro atoms. The number of aromatic nitrogens is 1. The normalized spacial score (nSPS) is 11.8. The third-order valence-corrected chi connectivity index (χ3v) is 3.94. The number of nitrogens with one attached hydrogen (secondary N) is 1. The molecule has 0 aliphatic rings. The van der Waals surface area contributed by atoms with Crippen molar-refractivity contribution in [2.24, 2.45) is 0 Å². The van der Waals surface area contributed by atoms with Crippen LogP contribution in [0.2, 0.25) is 0 Å². The molecule has 1 aromatic heterocycles. The maximum absolute atomic E-state index is 4.91. The molecule has 2 aromatic rings.